The lowest BCUT2D eigenvalue weighted by Gasteiger charge is -1.76. The van der Waals surface area contributed by atoms with E-state index in [2.05, 4.69) is 9.59 Å². The van der Waals surface area contributed by atoms with E-state index in [-0.39, 0.29) is 0 Å². The van der Waals surface area contributed by atoms with Crippen LogP contribution in [0.2, 0.25) is 0 Å². The van der Waals surface area contributed by atoms with Crippen LogP contribution in [0.3, 0.4) is 0 Å². The molecule has 0 unspecified atom stereocenters. The zero-order valence-corrected chi connectivity index (χ0v) is 4.68. The van der Waals surface area contributed by atoms with E-state index >= 15 is 0 Å². The Bertz CT molecular complexity index is 182. The van der Waals surface area contributed by atoms with Crippen LogP contribution in [0.15, 0.2) is 6.20 Å². The number of nitrogens with zero attached hydrogens (tertiary/aromatic N) is 2. The highest BCUT2D eigenvalue weighted by Gasteiger charge is 1.99. The monoisotopic (exact) mass is 129 g/mol. The third kappa shape index (κ3) is 0.812. The first-order valence-electron chi connectivity index (χ1n) is 1.88. The van der Waals surface area contributed by atoms with Crippen molar-refractivity contribution < 1.29 is 4.79 Å². The van der Waals surface area contributed by atoms with E-state index in [1.807, 2.05) is 0 Å². The highest BCUT2D eigenvalue weighted by molar-refractivity contribution is 7.07. The van der Waals surface area contributed by atoms with Crippen molar-refractivity contribution in [2.45, 2.75) is 0 Å². The molecule has 0 saturated heterocycles. The number of rotatable bonds is 1. The van der Waals surface area contributed by atoms with E-state index in [9.17, 15) is 4.79 Å². The van der Waals surface area contributed by atoms with Gasteiger partial charge in [0.05, 0.1) is 6.20 Å². The molecule has 0 bridgehead atoms. The Balaban J connectivity index is 2.93. The van der Waals surface area contributed by atoms with Crippen LogP contribution in [0.4, 0.5) is 0 Å². The maximum Gasteiger partial charge on any atom is 0.262 e. The van der Waals surface area contributed by atoms with E-state index in [0.29, 0.717) is 4.88 Å². The summed E-state index contributed by atoms with van der Waals surface area (Å²) in [5.41, 5.74) is 4.85. The molecular weight excluding hydrogens is 126 g/mol. The predicted molar refractivity (Wildman–Crippen MR) is 28.4 cm³/mol. The minimum atomic E-state index is -0.472. The van der Waals surface area contributed by atoms with Crippen molar-refractivity contribution in [1.29, 1.82) is 0 Å². The molecule has 1 aromatic heterocycles. The minimum Gasteiger partial charge on any atom is -0.365 e. The molecular formula is C3H3N3OS. The van der Waals surface area contributed by atoms with E-state index in [0.717, 1.165) is 11.5 Å². The van der Waals surface area contributed by atoms with Crippen molar-refractivity contribution in [3.8, 4) is 0 Å². The Labute approximate surface area is 49.5 Å². The van der Waals surface area contributed by atoms with Gasteiger partial charge in [-0.3, -0.25) is 4.79 Å². The lowest BCUT2D eigenvalue weighted by atomic mass is 10.5. The summed E-state index contributed by atoms with van der Waals surface area (Å²) in [6.07, 6.45) is 1.34. The Kier molecular flexibility index (Phi) is 1.21. The standard InChI is InChI=1S/C3H3N3OS/c4-3(7)2-1-5-6-8-2/h1H,(H2,4,7). The Morgan fingerprint density at radius 2 is 2.62 bits per heavy atom. The summed E-state index contributed by atoms with van der Waals surface area (Å²) < 4.78 is 3.43. The minimum absolute atomic E-state index is 0.394. The molecule has 1 aromatic rings. The number of hydrogen-bond donors (Lipinski definition) is 1. The van der Waals surface area contributed by atoms with Gasteiger partial charge in [-0.05, 0) is 11.5 Å². The first kappa shape index (κ1) is 5.17. The van der Waals surface area contributed by atoms with Gasteiger partial charge in [0, 0.05) is 0 Å². The van der Waals surface area contributed by atoms with Crippen molar-refractivity contribution in [2.24, 2.45) is 5.73 Å². The summed E-state index contributed by atoms with van der Waals surface area (Å²) in [5.74, 6) is -0.472. The Morgan fingerprint density at radius 1 is 1.88 bits per heavy atom. The van der Waals surface area contributed by atoms with Crippen LogP contribution in [0.25, 0.3) is 0 Å². The zero-order valence-electron chi connectivity index (χ0n) is 3.87. The first-order chi connectivity index (χ1) is 3.80. The van der Waals surface area contributed by atoms with Gasteiger partial charge in [-0.1, -0.05) is 4.49 Å². The molecule has 1 rings (SSSR count). The van der Waals surface area contributed by atoms with Crippen LogP contribution >= 0.6 is 11.5 Å². The van der Waals surface area contributed by atoms with Gasteiger partial charge in [-0.25, -0.2) is 0 Å². The molecule has 0 radical (unpaired) electrons. The number of carbonyl (C=O) groups excluding carboxylic acids is 1. The van der Waals surface area contributed by atoms with Gasteiger partial charge in [0.25, 0.3) is 5.91 Å². The first-order valence-corrected chi connectivity index (χ1v) is 2.65. The summed E-state index contributed by atoms with van der Waals surface area (Å²) in [6.45, 7) is 0. The molecule has 0 aliphatic rings. The molecule has 4 nitrogen and oxygen atoms in total. The SMILES string of the molecule is NC(=O)c1cnns1. The van der Waals surface area contributed by atoms with Gasteiger partial charge in [0.2, 0.25) is 0 Å². The second-order valence-electron chi connectivity index (χ2n) is 1.15. The molecule has 5 heteroatoms. The smallest absolute Gasteiger partial charge is 0.262 e. The summed E-state index contributed by atoms with van der Waals surface area (Å²) >= 11 is 0.995. The van der Waals surface area contributed by atoms with Crippen molar-refractivity contribution in [2.75, 3.05) is 0 Å². The summed E-state index contributed by atoms with van der Waals surface area (Å²) in [7, 11) is 0. The number of carbonyl (C=O) groups is 1. The molecule has 0 spiro atoms. The lowest BCUT2D eigenvalue weighted by molar-refractivity contribution is 0.100. The van der Waals surface area contributed by atoms with Gasteiger partial charge in [-0.15, -0.1) is 5.10 Å². The van der Waals surface area contributed by atoms with Crippen LogP contribution < -0.4 is 5.73 Å². The third-order valence-electron chi connectivity index (χ3n) is 0.604. The van der Waals surface area contributed by atoms with Crippen LogP contribution in [-0.4, -0.2) is 15.5 Å². The molecule has 2 N–H and O–H groups in total. The van der Waals surface area contributed by atoms with Crippen molar-refractivity contribution in [3.63, 3.8) is 0 Å². The van der Waals surface area contributed by atoms with Crippen LogP contribution in [0, 0.1) is 0 Å². The van der Waals surface area contributed by atoms with E-state index in [1.165, 1.54) is 6.20 Å². The predicted octanol–water partition coefficient (Wildman–Crippen LogP) is -0.363. The number of hydrogen-bond acceptors (Lipinski definition) is 4. The van der Waals surface area contributed by atoms with Gasteiger partial charge in [0.1, 0.15) is 4.88 Å². The summed E-state index contributed by atoms with van der Waals surface area (Å²) in [6, 6.07) is 0. The maximum absolute atomic E-state index is 10.2. The van der Waals surface area contributed by atoms with Gasteiger partial charge < -0.3 is 5.73 Å². The third-order valence-corrected chi connectivity index (χ3v) is 1.28. The average molecular weight is 129 g/mol. The topological polar surface area (TPSA) is 68.9 Å². The van der Waals surface area contributed by atoms with Crippen molar-refractivity contribution >= 4 is 17.4 Å². The molecule has 42 valence electrons. The fraction of sp³-hybridized carbons (Fsp3) is 0. The molecule has 0 saturated carbocycles. The van der Waals surface area contributed by atoms with Crippen molar-refractivity contribution in [1.82, 2.24) is 9.59 Å². The van der Waals surface area contributed by atoms with E-state index < -0.39 is 5.91 Å². The van der Waals surface area contributed by atoms with Crippen LogP contribution in [0.5, 0.6) is 0 Å². The number of amides is 1. The lowest BCUT2D eigenvalue weighted by Crippen LogP contribution is -2.08. The second-order valence-corrected chi connectivity index (χ2v) is 1.93. The normalized spacial score (nSPS) is 9.00. The molecule has 0 aliphatic carbocycles. The Hall–Kier alpha value is -0.970. The fourth-order valence-corrected chi connectivity index (χ4v) is 0.642. The molecule has 0 fully saturated rings. The van der Waals surface area contributed by atoms with E-state index in [1.54, 1.807) is 0 Å². The molecule has 0 aliphatic heterocycles. The molecule has 0 aromatic carbocycles. The fourth-order valence-electron chi connectivity index (χ4n) is 0.276. The van der Waals surface area contributed by atoms with Crippen LogP contribution in [0.1, 0.15) is 9.67 Å². The molecule has 0 atom stereocenters. The molecule has 1 amide bonds. The van der Waals surface area contributed by atoms with Gasteiger partial charge in [0.15, 0.2) is 0 Å². The highest BCUT2D eigenvalue weighted by Crippen LogP contribution is 1.97. The van der Waals surface area contributed by atoms with Gasteiger partial charge in [-0.2, -0.15) is 0 Å². The average Bonchev–Trinajstić information content (AvgIpc) is 2.12. The molecule has 1 heterocycles. The number of primary amides is 1. The largest absolute Gasteiger partial charge is 0.365 e. The van der Waals surface area contributed by atoms with Crippen molar-refractivity contribution in [3.05, 3.63) is 11.1 Å². The summed E-state index contributed by atoms with van der Waals surface area (Å²) in [5, 5.41) is 3.41. The highest BCUT2D eigenvalue weighted by atomic mass is 32.1. The van der Waals surface area contributed by atoms with E-state index in [4.69, 9.17) is 5.73 Å². The Morgan fingerprint density at radius 3 is 2.88 bits per heavy atom. The summed E-state index contributed by atoms with van der Waals surface area (Å²) in [4.78, 5) is 10.6. The number of aromatic nitrogens is 2. The quantitative estimate of drug-likeness (QED) is 0.562. The van der Waals surface area contributed by atoms with Crippen LogP contribution in [-0.2, 0) is 0 Å². The van der Waals surface area contributed by atoms with Gasteiger partial charge >= 0.3 is 0 Å². The number of nitrogens with two attached hydrogens (primary N) is 1. The maximum atomic E-state index is 10.2. The zero-order chi connectivity index (χ0) is 5.98. The second kappa shape index (κ2) is 1.87. The molecule has 8 heavy (non-hydrogen) atoms.